The lowest BCUT2D eigenvalue weighted by molar-refractivity contribution is 0.109. The first kappa shape index (κ1) is 10.3. The van der Waals surface area contributed by atoms with Crippen LogP contribution in [0.25, 0.3) is 5.52 Å². The Labute approximate surface area is 103 Å². The average molecular weight is 281 g/mol. The minimum atomic E-state index is 0.345. The van der Waals surface area contributed by atoms with Crippen LogP contribution in [0.2, 0.25) is 0 Å². The zero-order valence-electron chi connectivity index (χ0n) is 8.90. The molecule has 1 fully saturated rings. The highest BCUT2D eigenvalue weighted by Crippen LogP contribution is 2.20. The van der Waals surface area contributed by atoms with Gasteiger partial charge in [0.05, 0.1) is 22.4 Å². The minimum Gasteiger partial charge on any atom is -0.378 e. The van der Waals surface area contributed by atoms with Gasteiger partial charge in [0.2, 0.25) is 0 Å². The summed E-state index contributed by atoms with van der Waals surface area (Å²) >= 11 is 3.56. The van der Waals surface area contributed by atoms with E-state index in [2.05, 4.69) is 31.4 Å². The molecular formula is C12H13BrN2O. The highest BCUT2D eigenvalue weighted by molar-refractivity contribution is 9.10. The van der Waals surface area contributed by atoms with E-state index in [9.17, 15) is 0 Å². The summed E-state index contributed by atoms with van der Waals surface area (Å²) in [6.45, 7) is 0.898. The Balaban J connectivity index is 1.97. The van der Waals surface area contributed by atoms with Crippen molar-refractivity contribution in [2.75, 3.05) is 6.61 Å². The zero-order chi connectivity index (χ0) is 11.0. The van der Waals surface area contributed by atoms with Gasteiger partial charge in [-0.25, -0.2) is 4.98 Å². The van der Waals surface area contributed by atoms with Crippen LogP contribution < -0.4 is 0 Å². The summed E-state index contributed by atoms with van der Waals surface area (Å²) in [5, 5.41) is 0. The van der Waals surface area contributed by atoms with Crippen LogP contribution in [0.3, 0.4) is 0 Å². The second-order valence-electron chi connectivity index (χ2n) is 4.12. The van der Waals surface area contributed by atoms with Crippen LogP contribution in [0.5, 0.6) is 0 Å². The van der Waals surface area contributed by atoms with Gasteiger partial charge in [-0.05, 0) is 40.9 Å². The van der Waals surface area contributed by atoms with Gasteiger partial charge >= 0.3 is 0 Å². The Morgan fingerprint density at radius 3 is 3.25 bits per heavy atom. The molecule has 4 heteroatoms. The summed E-state index contributed by atoms with van der Waals surface area (Å²) in [6.07, 6.45) is 5.48. The fraction of sp³-hybridized carbons (Fsp3) is 0.417. The van der Waals surface area contributed by atoms with Crippen molar-refractivity contribution in [2.45, 2.75) is 25.4 Å². The average Bonchev–Trinajstić information content (AvgIpc) is 2.90. The molecule has 0 saturated carbocycles. The van der Waals surface area contributed by atoms with Crippen LogP contribution >= 0.6 is 15.9 Å². The molecule has 2 aromatic heterocycles. The first-order valence-corrected chi connectivity index (χ1v) is 6.36. The van der Waals surface area contributed by atoms with Crippen molar-refractivity contribution in [2.24, 2.45) is 0 Å². The molecule has 0 aromatic carbocycles. The van der Waals surface area contributed by atoms with E-state index in [1.807, 2.05) is 18.3 Å². The first-order chi connectivity index (χ1) is 7.84. The molecule has 0 radical (unpaired) electrons. The van der Waals surface area contributed by atoms with Gasteiger partial charge in [-0.15, -0.1) is 0 Å². The standard InChI is InChI=1S/C12H13BrN2O/c13-11-5-1-3-9-8-14-12(15(9)11)7-10-4-2-6-16-10/h1,3,5,8,10H,2,4,6-7H2. The third-order valence-corrected chi connectivity index (χ3v) is 3.63. The molecule has 1 unspecified atom stereocenters. The van der Waals surface area contributed by atoms with E-state index in [1.165, 1.54) is 6.42 Å². The Bertz CT molecular complexity index is 503. The lowest BCUT2D eigenvalue weighted by Gasteiger charge is -2.09. The van der Waals surface area contributed by atoms with Gasteiger partial charge in [-0.2, -0.15) is 0 Å². The van der Waals surface area contributed by atoms with Crippen molar-refractivity contribution in [1.82, 2.24) is 9.38 Å². The fourth-order valence-electron chi connectivity index (χ4n) is 2.22. The van der Waals surface area contributed by atoms with Crippen LogP contribution in [0.15, 0.2) is 29.0 Å². The normalized spacial score (nSPS) is 20.7. The monoisotopic (exact) mass is 280 g/mol. The Hall–Kier alpha value is -0.870. The quantitative estimate of drug-likeness (QED) is 0.791. The van der Waals surface area contributed by atoms with Crippen molar-refractivity contribution >= 4 is 21.4 Å². The molecule has 0 aliphatic carbocycles. The predicted molar refractivity (Wildman–Crippen MR) is 65.6 cm³/mol. The number of hydrogen-bond donors (Lipinski definition) is 0. The molecule has 16 heavy (non-hydrogen) atoms. The van der Waals surface area contributed by atoms with Crippen molar-refractivity contribution < 1.29 is 4.74 Å². The fourth-order valence-corrected chi connectivity index (χ4v) is 2.78. The number of fused-ring (bicyclic) bond motifs is 1. The number of imidazole rings is 1. The minimum absolute atomic E-state index is 0.345. The molecule has 0 spiro atoms. The van der Waals surface area contributed by atoms with Gasteiger partial charge in [-0.3, -0.25) is 4.40 Å². The van der Waals surface area contributed by atoms with E-state index < -0.39 is 0 Å². The maximum atomic E-state index is 5.65. The topological polar surface area (TPSA) is 26.5 Å². The molecule has 84 valence electrons. The summed E-state index contributed by atoms with van der Waals surface area (Å²) in [5.41, 5.74) is 1.13. The number of ether oxygens (including phenoxy) is 1. The number of nitrogens with zero attached hydrogens (tertiary/aromatic N) is 2. The molecular weight excluding hydrogens is 268 g/mol. The third kappa shape index (κ3) is 1.76. The number of hydrogen-bond acceptors (Lipinski definition) is 2. The van der Waals surface area contributed by atoms with E-state index in [0.29, 0.717) is 6.10 Å². The number of rotatable bonds is 2. The third-order valence-electron chi connectivity index (χ3n) is 3.01. The van der Waals surface area contributed by atoms with Crippen LogP contribution in [-0.4, -0.2) is 22.1 Å². The van der Waals surface area contributed by atoms with E-state index in [1.54, 1.807) is 0 Å². The van der Waals surface area contributed by atoms with Crippen molar-refractivity contribution in [1.29, 1.82) is 0 Å². The van der Waals surface area contributed by atoms with Crippen LogP contribution in [-0.2, 0) is 11.2 Å². The van der Waals surface area contributed by atoms with Gasteiger partial charge in [-0.1, -0.05) is 6.07 Å². The lowest BCUT2D eigenvalue weighted by Crippen LogP contribution is -2.11. The summed E-state index contributed by atoms with van der Waals surface area (Å²) < 4.78 is 8.84. The van der Waals surface area contributed by atoms with Crippen molar-refractivity contribution in [3.63, 3.8) is 0 Å². The molecule has 3 nitrogen and oxygen atoms in total. The Morgan fingerprint density at radius 2 is 2.44 bits per heavy atom. The van der Waals surface area contributed by atoms with Gasteiger partial charge in [0, 0.05) is 13.0 Å². The maximum absolute atomic E-state index is 5.65. The molecule has 3 rings (SSSR count). The number of aromatic nitrogens is 2. The Morgan fingerprint density at radius 1 is 1.50 bits per heavy atom. The van der Waals surface area contributed by atoms with Gasteiger partial charge < -0.3 is 4.74 Å². The molecule has 1 aliphatic rings. The summed E-state index contributed by atoms with van der Waals surface area (Å²) in [4.78, 5) is 4.47. The van der Waals surface area contributed by atoms with Crippen molar-refractivity contribution in [3.05, 3.63) is 34.8 Å². The molecule has 1 aliphatic heterocycles. The molecule has 2 aromatic rings. The largest absolute Gasteiger partial charge is 0.378 e. The maximum Gasteiger partial charge on any atom is 0.116 e. The van der Waals surface area contributed by atoms with Crippen molar-refractivity contribution in [3.8, 4) is 0 Å². The number of halogens is 1. The zero-order valence-corrected chi connectivity index (χ0v) is 10.5. The summed E-state index contributed by atoms with van der Waals surface area (Å²) in [6, 6.07) is 6.13. The summed E-state index contributed by atoms with van der Waals surface area (Å²) in [7, 11) is 0. The van der Waals surface area contributed by atoms with Gasteiger partial charge in [0.25, 0.3) is 0 Å². The summed E-state index contributed by atoms with van der Waals surface area (Å²) in [5.74, 6) is 1.08. The number of pyridine rings is 1. The van der Waals surface area contributed by atoms with Crippen LogP contribution in [0.4, 0.5) is 0 Å². The smallest absolute Gasteiger partial charge is 0.116 e. The van der Waals surface area contributed by atoms with E-state index in [-0.39, 0.29) is 0 Å². The second-order valence-corrected chi connectivity index (χ2v) is 4.93. The second kappa shape index (κ2) is 4.18. The van der Waals surface area contributed by atoms with E-state index >= 15 is 0 Å². The molecule has 0 N–H and O–H groups in total. The lowest BCUT2D eigenvalue weighted by atomic mass is 10.2. The molecule has 3 heterocycles. The highest BCUT2D eigenvalue weighted by atomic mass is 79.9. The highest BCUT2D eigenvalue weighted by Gasteiger charge is 2.18. The predicted octanol–water partition coefficient (Wildman–Crippen LogP) is 2.82. The van der Waals surface area contributed by atoms with Crippen LogP contribution in [0, 0.1) is 0 Å². The first-order valence-electron chi connectivity index (χ1n) is 5.57. The van der Waals surface area contributed by atoms with E-state index in [0.717, 1.165) is 35.4 Å². The van der Waals surface area contributed by atoms with Crippen LogP contribution in [0.1, 0.15) is 18.7 Å². The SMILES string of the molecule is Brc1cccc2cnc(CC3CCCO3)n12. The molecule has 0 bridgehead atoms. The van der Waals surface area contributed by atoms with Gasteiger partial charge in [0.15, 0.2) is 0 Å². The van der Waals surface area contributed by atoms with E-state index in [4.69, 9.17) is 4.74 Å². The molecule has 0 amide bonds. The molecule has 1 saturated heterocycles. The Kier molecular flexibility index (Phi) is 2.69. The van der Waals surface area contributed by atoms with Gasteiger partial charge in [0.1, 0.15) is 5.82 Å². The molecule has 1 atom stereocenters.